The van der Waals surface area contributed by atoms with Crippen LogP contribution >= 0.6 is 0 Å². The number of halogens is 1. The molecule has 0 saturated heterocycles. The predicted octanol–water partition coefficient (Wildman–Crippen LogP) is 3.40. The average molecular weight is 289 g/mol. The first kappa shape index (κ1) is 18.9. The lowest BCUT2D eigenvalue weighted by Gasteiger charge is -2.21. The van der Waals surface area contributed by atoms with Crippen molar-refractivity contribution in [2.24, 2.45) is 0 Å². The third-order valence-electron chi connectivity index (χ3n) is 3.21. The molecule has 5 heteroatoms. The van der Waals surface area contributed by atoms with Crippen LogP contribution in [0.4, 0.5) is 4.39 Å². The molecular formula is C15H28FNO3. The van der Waals surface area contributed by atoms with E-state index in [1.807, 2.05) is 6.92 Å². The summed E-state index contributed by atoms with van der Waals surface area (Å²) in [7, 11) is 0. The number of unbranched alkanes of at least 4 members (excludes halogenated alkanes) is 5. The molecule has 0 bridgehead atoms. The number of nitrogens with zero attached hydrogens (tertiary/aromatic N) is 1. The minimum Gasteiger partial charge on any atom is -0.480 e. The number of rotatable bonds is 12. The number of hydrogen-bond donors (Lipinski definition) is 1. The molecule has 1 N–H and O–H groups in total. The third kappa shape index (κ3) is 8.88. The molecule has 0 saturated carbocycles. The van der Waals surface area contributed by atoms with Gasteiger partial charge in [-0.15, -0.1) is 0 Å². The fourth-order valence-electron chi connectivity index (χ4n) is 2.13. The van der Waals surface area contributed by atoms with Gasteiger partial charge in [0.25, 0.3) is 5.91 Å². The Morgan fingerprint density at radius 3 is 2.20 bits per heavy atom. The average Bonchev–Trinajstić information content (AvgIpc) is 2.40. The molecule has 0 aliphatic heterocycles. The molecule has 0 aliphatic rings. The van der Waals surface area contributed by atoms with Crippen LogP contribution in [0.1, 0.15) is 65.2 Å². The standard InChI is InChI=1S/C15H28FNO3/c1-3-5-6-7-8-9-10-13(16)15(20)17(11-4-2)12-14(18)19/h13H,3-12H2,1-2H3,(H,18,19). The first-order valence-electron chi connectivity index (χ1n) is 7.67. The molecular weight excluding hydrogens is 261 g/mol. The quantitative estimate of drug-likeness (QED) is 0.560. The highest BCUT2D eigenvalue weighted by molar-refractivity contribution is 5.84. The highest BCUT2D eigenvalue weighted by atomic mass is 19.1. The maximum Gasteiger partial charge on any atom is 0.323 e. The molecule has 4 nitrogen and oxygen atoms in total. The summed E-state index contributed by atoms with van der Waals surface area (Å²) >= 11 is 0. The molecule has 1 atom stereocenters. The Morgan fingerprint density at radius 2 is 1.65 bits per heavy atom. The van der Waals surface area contributed by atoms with Crippen LogP contribution in [0.5, 0.6) is 0 Å². The summed E-state index contributed by atoms with van der Waals surface area (Å²) in [6.45, 7) is 3.86. The fourth-order valence-corrected chi connectivity index (χ4v) is 2.13. The van der Waals surface area contributed by atoms with Gasteiger partial charge >= 0.3 is 5.97 Å². The van der Waals surface area contributed by atoms with E-state index >= 15 is 0 Å². The summed E-state index contributed by atoms with van der Waals surface area (Å²) in [5, 5.41) is 8.72. The van der Waals surface area contributed by atoms with E-state index in [9.17, 15) is 14.0 Å². The molecule has 0 spiro atoms. The normalized spacial score (nSPS) is 12.2. The number of hydrogen-bond acceptors (Lipinski definition) is 2. The van der Waals surface area contributed by atoms with Crippen LogP contribution in [0.2, 0.25) is 0 Å². The van der Waals surface area contributed by atoms with E-state index in [0.29, 0.717) is 19.4 Å². The van der Waals surface area contributed by atoms with Crippen LogP contribution < -0.4 is 0 Å². The van der Waals surface area contributed by atoms with Crippen LogP contribution in [0.25, 0.3) is 0 Å². The topological polar surface area (TPSA) is 57.6 Å². The van der Waals surface area contributed by atoms with Crippen molar-refractivity contribution in [1.82, 2.24) is 4.90 Å². The molecule has 1 unspecified atom stereocenters. The van der Waals surface area contributed by atoms with E-state index in [4.69, 9.17) is 5.11 Å². The molecule has 0 aromatic carbocycles. The Kier molecular flexibility index (Phi) is 11.0. The zero-order chi connectivity index (χ0) is 15.4. The Bertz CT molecular complexity index is 284. The number of alkyl halides is 1. The first-order valence-corrected chi connectivity index (χ1v) is 7.67. The van der Waals surface area contributed by atoms with E-state index < -0.39 is 24.6 Å². The summed E-state index contributed by atoms with van der Waals surface area (Å²) in [6.07, 6.45) is 5.47. The SMILES string of the molecule is CCCCCCCCC(F)C(=O)N(CCC)CC(=O)O. The number of aliphatic carboxylic acids is 1. The maximum absolute atomic E-state index is 13.8. The van der Waals surface area contributed by atoms with E-state index in [0.717, 1.165) is 24.2 Å². The number of carbonyl (C=O) groups is 2. The molecule has 20 heavy (non-hydrogen) atoms. The van der Waals surface area contributed by atoms with E-state index in [2.05, 4.69) is 6.92 Å². The van der Waals surface area contributed by atoms with Crippen LogP contribution in [-0.2, 0) is 9.59 Å². The predicted molar refractivity (Wildman–Crippen MR) is 77.4 cm³/mol. The van der Waals surface area contributed by atoms with Gasteiger partial charge in [0.05, 0.1) is 0 Å². The van der Waals surface area contributed by atoms with Gasteiger partial charge in [0.15, 0.2) is 6.17 Å². The van der Waals surface area contributed by atoms with Crippen LogP contribution in [0.3, 0.4) is 0 Å². The maximum atomic E-state index is 13.8. The van der Waals surface area contributed by atoms with Crippen molar-refractivity contribution in [2.45, 2.75) is 71.4 Å². The highest BCUT2D eigenvalue weighted by Crippen LogP contribution is 2.12. The molecule has 1 amide bonds. The lowest BCUT2D eigenvalue weighted by molar-refractivity contribution is -0.146. The summed E-state index contributed by atoms with van der Waals surface area (Å²) in [4.78, 5) is 23.6. The monoisotopic (exact) mass is 289 g/mol. The molecule has 0 heterocycles. The number of carboxylic acid groups (broad SMARTS) is 1. The van der Waals surface area contributed by atoms with Gasteiger partial charge in [0, 0.05) is 6.54 Å². The van der Waals surface area contributed by atoms with Crippen LogP contribution in [0, 0.1) is 0 Å². The summed E-state index contributed by atoms with van der Waals surface area (Å²) in [5.74, 6) is -1.78. The van der Waals surface area contributed by atoms with Gasteiger partial charge in [-0.05, 0) is 12.8 Å². The van der Waals surface area contributed by atoms with Crippen molar-refractivity contribution in [3.63, 3.8) is 0 Å². The molecule has 0 fully saturated rings. The Morgan fingerprint density at radius 1 is 1.05 bits per heavy atom. The van der Waals surface area contributed by atoms with Crippen molar-refractivity contribution in [3.8, 4) is 0 Å². The lowest BCUT2D eigenvalue weighted by Crippen LogP contribution is -2.41. The molecule has 0 radical (unpaired) electrons. The fraction of sp³-hybridized carbons (Fsp3) is 0.867. The molecule has 118 valence electrons. The highest BCUT2D eigenvalue weighted by Gasteiger charge is 2.24. The van der Waals surface area contributed by atoms with Gasteiger partial charge in [-0.3, -0.25) is 9.59 Å². The van der Waals surface area contributed by atoms with Crippen LogP contribution in [0.15, 0.2) is 0 Å². The second-order valence-corrected chi connectivity index (χ2v) is 5.18. The van der Waals surface area contributed by atoms with Gasteiger partial charge < -0.3 is 10.0 Å². The van der Waals surface area contributed by atoms with Crippen molar-refractivity contribution in [3.05, 3.63) is 0 Å². The number of carbonyl (C=O) groups excluding carboxylic acids is 1. The summed E-state index contributed by atoms with van der Waals surface area (Å²) in [6, 6.07) is 0. The van der Waals surface area contributed by atoms with Crippen molar-refractivity contribution in [2.75, 3.05) is 13.1 Å². The minimum atomic E-state index is -1.56. The van der Waals surface area contributed by atoms with E-state index in [1.165, 1.54) is 12.8 Å². The minimum absolute atomic E-state index is 0.199. The molecule has 0 aromatic rings. The molecule has 0 rings (SSSR count). The largest absolute Gasteiger partial charge is 0.480 e. The molecule has 0 aromatic heterocycles. The van der Waals surface area contributed by atoms with Crippen molar-refractivity contribution in [1.29, 1.82) is 0 Å². The number of carboxylic acids is 1. The van der Waals surface area contributed by atoms with E-state index in [1.54, 1.807) is 0 Å². The van der Waals surface area contributed by atoms with Gasteiger partial charge in [0.1, 0.15) is 6.54 Å². The summed E-state index contributed by atoms with van der Waals surface area (Å²) < 4.78 is 13.8. The first-order chi connectivity index (χ1) is 9.52. The Labute approximate surface area is 121 Å². The smallest absolute Gasteiger partial charge is 0.323 e. The number of amides is 1. The van der Waals surface area contributed by atoms with E-state index in [-0.39, 0.29) is 6.42 Å². The van der Waals surface area contributed by atoms with Gasteiger partial charge in [-0.1, -0.05) is 52.4 Å². The van der Waals surface area contributed by atoms with Gasteiger partial charge in [-0.2, -0.15) is 0 Å². The zero-order valence-electron chi connectivity index (χ0n) is 12.7. The van der Waals surface area contributed by atoms with Gasteiger partial charge in [-0.25, -0.2) is 4.39 Å². The van der Waals surface area contributed by atoms with Crippen LogP contribution in [-0.4, -0.2) is 41.1 Å². The Hall–Kier alpha value is -1.13. The Balaban J connectivity index is 4.00. The molecule has 0 aliphatic carbocycles. The van der Waals surface area contributed by atoms with Crippen molar-refractivity contribution < 1.29 is 19.1 Å². The summed E-state index contributed by atoms with van der Waals surface area (Å²) in [5.41, 5.74) is 0. The third-order valence-corrected chi connectivity index (χ3v) is 3.21. The second kappa shape index (κ2) is 11.7. The second-order valence-electron chi connectivity index (χ2n) is 5.18. The van der Waals surface area contributed by atoms with Gasteiger partial charge in [0.2, 0.25) is 0 Å². The lowest BCUT2D eigenvalue weighted by atomic mass is 10.1. The zero-order valence-corrected chi connectivity index (χ0v) is 12.7. The van der Waals surface area contributed by atoms with Crippen molar-refractivity contribution >= 4 is 11.9 Å².